The number of nitrogens with zero attached hydrogens (tertiary/aromatic N) is 2. The van der Waals surface area contributed by atoms with Crippen LogP contribution in [0.3, 0.4) is 0 Å². The van der Waals surface area contributed by atoms with Crippen LogP contribution in [0.1, 0.15) is 5.56 Å². The highest BCUT2D eigenvalue weighted by molar-refractivity contribution is 7.91. The molecule has 0 radical (unpaired) electrons. The largest absolute Gasteiger partial charge is 0.489 e. The molecule has 0 spiro atoms. The van der Waals surface area contributed by atoms with Gasteiger partial charge >= 0.3 is 0 Å². The van der Waals surface area contributed by atoms with Crippen LogP contribution >= 0.6 is 0 Å². The van der Waals surface area contributed by atoms with E-state index >= 15 is 0 Å². The van der Waals surface area contributed by atoms with Gasteiger partial charge in [0.15, 0.2) is 0 Å². The van der Waals surface area contributed by atoms with Gasteiger partial charge in [-0.25, -0.2) is 13.1 Å². The Bertz CT molecular complexity index is 1140. The first-order valence-electron chi connectivity index (χ1n) is 8.75. The van der Waals surface area contributed by atoms with E-state index in [0.29, 0.717) is 12.4 Å². The SMILES string of the molecule is O=S(=O)(c1ccccc1)c1ccc(OCc2ccc(-n3cccn3)cc2)cc1. The minimum absolute atomic E-state index is 0.245. The first-order valence-corrected chi connectivity index (χ1v) is 10.2. The molecule has 4 aromatic rings. The van der Waals surface area contributed by atoms with Crippen LogP contribution < -0.4 is 4.74 Å². The van der Waals surface area contributed by atoms with Crippen LogP contribution in [-0.4, -0.2) is 18.2 Å². The van der Waals surface area contributed by atoms with E-state index in [0.717, 1.165) is 11.3 Å². The van der Waals surface area contributed by atoms with Crippen molar-refractivity contribution >= 4 is 9.84 Å². The van der Waals surface area contributed by atoms with Crippen molar-refractivity contribution in [3.63, 3.8) is 0 Å². The summed E-state index contributed by atoms with van der Waals surface area (Å²) in [5, 5.41) is 4.20. The third-order valence-corrected chi connectivity index (χ3v) is 6.08. The molecule has 1 aromatic heterocycles. The zero-order valence-corrected chi connectivity index (χ0v) is 15.8. The van der Waals surface area contributed by atoms with Crippen LogP contribution in [0.5, 0.6) is 5.75 Å². The highest BCUT2D eigenvalue weighted by atomic mass is 32.2. The second-order valence-corrected chi connectivity index (χ2v) is 8.14. The zero-order chi connectivity index (χ0) is 19.4. The molecule has 0 atom stereocenters. The molecule has 0 bridgehead atoms. The van der Waals surface area contributed by atoms with Gasteiger partial charge in [0.05, 0.1) is 15.5 Å². The van der Waals surface area contributed by atoms with E-state index in [4.69, 9.17) is 4.74 Å². The lowest BCUT2D eigenvalue weighted by atomic mass is 10.2. The molecule has 4 rings (SSSR count). The van der Waals surface area contributed by atoms with Crippen molar-refractivity contribution in [1.82, 2.24) is 9.78 Å². The summed E-state index contributed by atoms with van der Waals surface area (Å²) >= 11 is 0. The van der Waals surface area contributed by atoms with Crippen LogP contribution in [0, 0.1) is 0 Å². The van der Waals surface area contributed by atoms with Crippen LogP contribution in [0.4, 0.5) is 0 Å². The van der Waals surface area contributed by atoms with Crippen molar-refractivity contribution in [2.45, 2.75) is 16.4 Å². The van der Waals surface area contributed by atoms with Crippen molar-refractivity contribution in [3.8, 4) is 11.4 Å². The molecule has 6 heteroatoms. The maximum atomic E-state index is 12.6. The average molecular weight is 390 g/mol. The van der Waals surface area contributed by atoms with Gasteiger partial charge in [0.2, 0.25) is 9.84 Å². The number of rotatable bonds is 6. The third kappa shape index (κ3) is 3.82. The van der Waals surface area contributed by atoms with Crippen LogP contribution in [0.2, 0.25) is 0 Å². The maximum Gasteiger partial charge on any atom is 0.206 e. The molecule has 5 nitrogen and oxygen atoms in total. The monoisotopic (exact) mass is 390 g/mol. The summed E-state index contributed by atoms with van der Waals surface area (Å²) in [4.78, 5) is 0.524. The lowest BCUT2D eigenvalue weighted by Crippen LogP contribution is -2.02. The highest BCUT2D eigenvalue weighted by Crippen LogP contribution is 2.23. The molecule has 0 aliphatic heterocycles. The lowest BCUT2D eigenvalue weighted by molar-refractivity contribution is 0.306. The van der Waals surface area contributed by atoms with Crippen molar-refractivity contribution in [2.75, 3.05) is 0 Å². The van der Waals surface area contributed by atoms with E-state index in [1.165, 1.54) is 0 Å². The highest BCUT2D eigenvalue weighted by Gasteiger charge is 2.16. The standard InChI is InChI=1S/C22H18N2O3S/c25-28(26,21-5-2-1-3-6-21)22-13-11-20(12-14-22)27-17-18-7-9-19(10-8-18)24-16-4-15-23-24/h1-16H,17H2. The Morgan fingerprint density at radius 2 is 1.46 bits per heavy atom. The number of hydrogen-bond acceptors (Lipinski definition) is 4. The van der Waals surface area contributed by atoms with Crippen LogP contribution in [0.15, 0.2) is 107 Å². The Labute approximate surface area is 163 Å². The molecule has 0 aliphatic rings. The first-order chi connectivity index (χ1) is 13.6. The molecule has 0 aliphatic carbocycles. The second kappa shape index (κ2) is 7.70. The van der Waals surface area contributed by atoms with E-state index in [-0.39, 0.29) is 9.79 Å². The van der Waals surface area contributed by atoms with Crippen LogP contribution in [-0.2, 0) is 16.4 Å². The minimum atomic E-state index is -3.51. The van der Waals surface area contributed by atoms with Crippen molar-refractivity contribution in [3.05, 3.63) is 103 Å². The van der Waals surface area contributed by atoms with Crippen molar-refractivity contribution < 1.29 is 13.2 Å². The Balaban J connectivity index is 1.42. The zero-order valence-electron chi connectivity index (χ0n) is 15.0. The van der Waals surface area contributed by atoms with Gasteiger partial charge in [0, 0.05) is 12.4 Å². The van der Waals surface area contributed by atoms with Crippen molar-refractivity contribution in [1.29, 1.82) is 0 Å². The number of hydrogen-bond donors (Lipinski definition) is 0. The Morgan fingerprint density at radius 1 is 0.786 bits per heavy atom. The summed E-state index contributed by atoms with van der Waals surface area (Å²) in [6.07, 6.45) is 3.62. The van der Waals surface area contributed by atoms with E-state index in [1.54, 1.807) is 65.5 Å². The molecule has 140 valence electrons. The topological polar surface area (TPSA) is 61.2 Å². The molecular formula is C22H18N2O3S. The first kappa shape index (κ1) is 18.0. The summed E-state index contributed by atoms with van der Waals surface area (Å²) in [7, 11) is -3.51. The summed E-state index contributed by atoms with van der Waals surface area (Å²) in [5.41, 5.74) is 1.99. The lowest BCUT2D eigenvalue weighted by Gasteiger charge is -2.09. The molecule has 1 heterocycles. The van der Waals surface area contributed by atoms with Gasteiger partial charge in [-0.2, -0.15) is 5.10 Å². The summed E-state index contributed by atoms with van der Waals surface area (Å²) < 4.78 is 32.8. The van der Waals surface area contributed by atoms with Gasteiger partial charge < -0.3 is 4.74 Å². The number of benzene rings is 3. The van der Waals surface area contributed by atoms with Gasteiger partial charge in [-0.15, -0.1) is 0 Å². The van der Waals surface area contributed by atoms with Gasteiger partial charge in [-0.05, 0) is 60.2 Å². The normalized spacial score (nSPS) is 11.3. The van der Waals surface area contributed by atoms with Gasteiger partial charge in [-0.3, -0.25) is 0 Å². The predicted molar refractivity (Wildman–Crippen MR) is 106 cm³/mol. The van der Waals surface area contributed by atoms with Gasteiger partial charge in [0.25, 0.3) is 0 Å². The average Bonchev–Trinajstić information content (AvgIpc) is 3.28. The number of aromatic nitrogens is 2. The van der Waals surface area contributed by atoms with Crippen LogP contribution in [0.25, 0.3) is 5.69 Å². The molecule has 3 aromatic carbocycles. The van der Waals surface area contributed by atoms with E-state index in [9.17, 15) is 8.42 Å². The molecular weight excluding hydrogens is 372 g/mol. The smallest absolute Gasteiger partial charge is 0.206 e. The second-order valence-electron chi connectivity index (χ2n) is 6.19. The number of ether oxygens (including phenoxy) is 1. The van der Waals surface area contributed by atoms with Gasteiger partial charge in [-0.1, -0.05) is 30.3 Å². The summed E-state index contributed by atoms with van der Waals surface area (Å²) in [6, 6.07) is 24.7. The van der Waals surface area contributed by atoms with E-state index in [2.05, 4.69) is 5.10 Å². The molecule has 0 amide bonds. The fraction of sp³-hybridized carbons (Fsp3) is 0.0455. The summed E-state index contributed by atoms with van der Waals surface area (Å²) in [5.74, 6) is 0.614. The fourth-order valence-electron chi connectivity index (χ4n) is 2.78. The third-order valence-electron chi connectivity index (χ3n) is 4.30. The minimum Gasteiger partial charge on any atom is -0.489 e. The Morgan fingerprint density at radius 3 is 2.11 bits per heavy atom. The van der Waals surface area contributed by atoms with Crippen molar-refractivity contribution in [2.24, 2.45) is 0 Å². The molecule has 0 saturated heterocycles. The molecule has 0 fully saturated rings. The number of sulfone groups is 1. The Kier molecular flexibility index (Phi) is 4.95. The van der Waals surface area contributed by atoms with E-state index < -0.39 is 9.84 Å². The van der Waals surface area contributed by atoms with Gasteiger partial charge in [0.1, 0.15) is 12.4 Å². The molecule has 0 unspecified atom stereocenters. The molecule has 0 N–H and O–H groups in total. The predicted octanol–water partition coefficient (Wildman–Crippen LogP) is 4.28. The molecule has 0 saturated carbocycles. The fourth-order valence-corrected chi connectivity index (χ4v) is 4.07. The van der Waals surface area contributed by atoms with E-state index in [1.807, 2.05) is 36.5 Å². The summed E-state index contributed by atoms with van der Waals surface area (Å²) in [6.45, 7) is 0.393. The maximum absolute atomic E-state index is 12.6. The molecule has 28 heavy (non-hydrogen) atoms. The quantitative estimate of drug-likeness (QED) is 0.493. The Hall–Kier alpha value is -3.38.